The predicted octanol–water partition coefficient (Wildman–Crippen LogP) is 1.02. The highest BCUT2D eigenvalue weighted by Crippen LogP contribution is 2.15. The summed E-state index contributed by atoms with van der Waals surface area (Å²) in [5.41, 5.74) is 6.90. The molecular weight excluding hydrogens is 230 g/mol. The Kier molecular flexibility index (Phi) is 4.25. The summed E-state index contributed by atoms with van der Waals surface area (Å²) in [7, 11) is 0. The number of aryl methyl sites for hydroxylation is 1. The Labute approximate surface area is 106 Å². The molecule has 1 atom stereocenters. The second-order valence-corrected chi connectivity index (χ2v) is 4.15. The summed E-state index contributed by atoms with van der Waals surface area (Å²) in [5.74, 6) is 1.59. The van der Waals surface area contributed by atoms with Gasteiger partial charge in [0.05, 0.1) is 6.61 Å². The molecule has 0 aliphatic rings. The van der Waals surface area contributed by atoms with Crippen LogP contribution in [0.25, 0.3) is 0 Å². The fourth-order valence-corrected chi connectivity index (χ4v) is 1.65. The van der Waals surface area contributed by atoms with E-state index >= 15 is 0 Å². The molecule has 1 unspecified atom stereocenters. The molecule has 1 aromatic carbocycles. The standard InChI is InChI=1S/C12H17N5O/c1-9-2-4-11(5-3-9)18-7-6-10(8-13)12-14-16-17-15-12/h2-5,10H,6-8,13H2,1H3,(H,14,15,16,17). The van der Waals surface area contributed by atoms with E-state index < -0.39 is 0 Å². The predicted molar refractivity (Wildman–Crippen MR) is 67.3 cm³/mol. The van der Waals surface area contributed by atoms with Gasteiger partial charge in [-0.25, -0.2) is 0 Å². The van der Waals surface area contributed by atoms with Crippen molar-refractivity contribution in [2.75, 3.05) is 13.2 Å². The van der Waals surface area contributed by atoms with Gasteiger partial charge in [-0.1, -0.05) is 22.9 Å². The second-order valence-electron chi connectivity index (χ2n) is 4.15. The van der Waals surface area contributed by atoms with Crippen molar-refractivity contribution >= 4 is 0 Å². The molecule has 0 amide bonds. The van der Waals surface area contributed by atoms with Gasteiger partial charge >= 0.3 is 0 Å². The minimum atomic E-state index is 0.0780. The summed E-state index contributed by atoms with van der Waals surface area (Å²) in [6.45, 7) is 3.11. The highest BCUT2D eigenvalue weighted by molar-refractivity contribution is 5.26. The first-order chi connectivity index (χ1) is 8.79. The normalized spacial score (nSPS) is 12.3. The molecule has 0 saturated heterocycles. The smallest absolute Gasteiger partial charge is 0.179 e. The molecule has 3 N–H and O–H groups in total. The average molecular weight is 247 g/mol. The van der Waals surface area contributed by atoms with Crippen molar-refractivity contribution in [2.24, 2.45) is 5.73 Å². The third-order valence-electron chi connectivity index (χ3n) is 2.77. The summed E-state index contributed by atoms with van der Waals surface area (Å²) in [5, 5.41) is 13.9. The monoisotopic (exact) mass is 247 g/mol. The Hall–Kier alpha value is -1.95. The molecule has 6 heteroatoms. The molecule has 6 nitrogen and oxygen atoms in total. The fraction of sp³-hybridized carbons (Fsp3) is 0.417. The second kappa shape index (κ2) is 6.11. The van der Waals surface area contributed by atoms with E-state index in [0.29, 0.717) is 19.0 Å². The lowest BCUT2D eigenvalue weighted by atomic mass is 10.1. The van der Waals surface area contributed by atoms with Crippen molar-refractivity contribution in [1.29, 1.82) is 0 Å². The van der Waals surface area contributed by atoms with Gasteiger partial charge in [0.1, 0.15) is 5.75 Å². The largest absolute Gasteiger partial charge is 0.494 e. The number of nitrogens with one attached hydrogen (secondary N) is 1. The van der Waals surface area contributed by atoms with Crippen LogP contribution in [0.3, 0.4) is 0 Å². The van der Waals surface area contributed by atoms with E-state index in [2.05, 4.69) is 20.6 Å². The third kappa shape index (κ3) is 3.27. The summed E-state index contributed by atoms with van der Waals surface area (Å²) in [4.78, 5) is 0. The van der Waals surface area contributed by atoms with Crippen LogP contribution in [0.4, 0.5) is 0 Å². The van der Waals surface area contributed by atoms with E-state index in [-0.39, 0.29) is 5.92 Å². The summed E-state index contributed by atoms with van der Waals surface area (Å²) < 4.78 is 5.65. The summed E-state index contributed by atoms with van der Waals surface area (Å²) in [6, 6.07) is 7.96. The van der Waals surface area contributed by atoms with Crippen LogP contribution < -0.4 is 10.5 Å². The Balaban J connectivity index is 1.82. The van der Waals surface area contributed by atoms with Crippen molar-refractivity contribution in [3.63, 3.8) is 0 Å². The number of tetrazole rings is 1. The molecule has 0 spiro atoms. The van der Waals surface area contributed by atoms with Crippen LogP contribution in [0.1, 0.15) is 23.7 Å². The van der Waals surface area contributed by atoms with Crippen LogP contribution in [-0.2, 0) is 0 Å². The van der Waals surface area contributed by atoms with Crippen LogP contribution >= 0.6 is 0 Å². The van der Waals surface area contributed by atoms with Crippen LogP contribution in [0.15, 0.2) is 24.3 Å². The maximum absolute atomic E-state index is 5.69. The highest BCUT2D eigenvalue weighted by Gasteiger charge is 2.14. The van der Waals surface area contributed by atoms with Gasteiger partial charge < -0.3 is 10.5 Å². The lowest BCUT2D eigenvalue weighted by Crippen LogP contribution is -2.17. The Morgan fingerprint density at radius 2 is 2.11 bits per heavy atom. The van der Waals surface area contributed by atoms with Gasteiger partial charge in [0, 0.05) is 12.5 Å². The Bertz CT molecular complexity index is 454. The van der Waals surface area contributed by atoms with E-state index in [1.165, 1.54) is 5.56 Å². The first-order valence-electron chi connectivity index (χ1n) is 5.92. The molecule has 0 aliphatic carbocycles. The molecule has 0 saturated carbocycles. The number of rotatable bonds is 6. The summed E-state index contributed by atoms with van der Waals surface area (Å²) >= 11 is 0. The number of benzene rings is 1. The Morgan fingerprint density at radius 3 is 2.72 bits per heavy atom. The summed E-state index contributed by atoms with van der Waals surface area (Å²) in [6.07, 6.45) is 0.768. The minimum Gasteiger partial charge on any atom is -0.494 e. The first kappa shape index (κ1) is 12.5. The van der Waals surface area contributed by atoms with Crippen molar-refractivity contribution in [3.05, 3.63) is 35.7 Å². The van der Waals surface area contributed by atoms with Gasteiger partial charge in [0.25, 0.3) is 0 Å². The highest BCUT2D eigenvalue weighted by atomic mass is 16.5. The number of nitrogens with zero attached hydrogens (tertiary/aromatic N) is 3. The zero-order valence-electron chi connectivity index (χ0n) is 10.3. The van der Waals surface area contributed by atoms with E-state index in [1.54, 1.807) is 0 Å². The van der Waals surface area contributed by atoms with Crippen molar-refractivity contribution in [3.8, 4) is 5.75 Å². The SMILES string of the molecule is Cc1ccc(OCCC(CN)c2nn[nH]n2)cc1. The average Bonchev–Trinajstić information content (AvgIpc) is 2.91. The number of ether oxygens (including phenoxy) is 1. The molecular formula is C12H17N5O. The molecule has 96 valence electrons. The van der Waals surface area contributed by atoms with Crippen molar-refractivity contribution in [1.82, 2.24) is 20.6 Å². The van der Waals surface area contributed by atoms with Gasteiger partial charge in [-0.15, -0.1) is 10.2 Å². The van der Waals surface area contributed by atoms with Crippen molar-refractivity contribution < 1.29 is 4.74 Å². The zero-order valence-corrected chi connectivity index (χ0v) is 10.3. The number of aromatic amines is 1. The molecule has 1 aromatic heterocycles. The van der Waals surface area contributed by atoms with Gasteiger partial charge in [-0.05, 0) is 25.5 Å². The molecule has 0 bridgehead atoms. The molecule has 2 aromatic rings. The lowest BCUT2D eigenvalue weighted by molar-refractivity contribution is 0.296. The molecule has 0 radical (unpaired) electrons. The van der Waals surface area contributed by atoms with Crippen molar-refractivity contribution in [2.45, 2.75) is 19.3 Å². The number of nitrogens with two attached hydrogens (primary N) is 1. The number of aromatic nitrogens is 4. The molecule has 18 heavy (non-hydrogen) atoms. The molecule has 0 aliphatic heterocycles. The van der Waals surface area contributed by atoms with Crippen LogP contribution in [0.5, 0.6) is 5.75 Å². The fourth-order valence-electron chi connectivity index (χ4n) is 1.65. The third-order valence-corrected chi connectivity index (χ3v) is 2.77. The number of hydrogen-bond donors (Lipinski definition) is 2. The Morgan fingerprint density at radius 1 is 1.33 bits per heavy atom. The quantitative estimate of drug-likeness (QED) is 0.795. The minimum absolute atomic E-state index is 0.0780. The topological polar surface area (TPSA) is 89.7 Å². The van der Waals surface area contributed by atoms with Gasteiger partial charge in [-0.3, -0.25) is 0 Å². The molecule has 1 heterocycles. The molecule has 2 rings (SSSR count). The van der Waals surface area contributed by atoms with Crippen LogP contribution in [0, 0.1) is 6.92 Å². The number of H-pyrrole nitrogens is 1. The van der Waals surface area contributed by atoms with Crippen LogP contribution in [0.2, 0.25) is 0 Å². The lowest BCUT2D eigenvalue weighted by Gasteiger charge is -2.11. The first-order valence-corrected chi connectivity index (χ1v) is 5.92. The van der Waals surface area contributed by atoms with Crippen LogP contribution in [-0.4, -0.2) is 33.8 Å². The van der Waals surface area contributed by atoms with E-state index in [9.17, 15) is 0 Å². The van der Waals surface area contributed by atoms with E-state index in [1.807, 2.05) is 31.2 Å². The van der Waals surface area contributed by atoms with E-state index in [0.717, 1.165) is 12.2 Å². The maximum Gasteiger partial charge on any atom is 0.179 e. The molecule has 0 fully saturated rings. The van der Waals surface area contributed by atoms with Gasteiger partial charge in [0.15, 0.2) is 5.82 Å². The number of hydrogen-bond acceptors (Lipinski definition) is 5. The zero-order chi connectivity index (χ0) is 12.8. The maximum atomic E-state index is 5.69. The van der Waals surface area contributed by atoms with E-state index in [4.69, 9.17) is 10.5 Å². The van der Waals surface area contributed by atoms with Gasteiger partial charge in [0.2, 0.25) is 0 Å². The van der Waals surface area contributed by atoms with Gasteiger partial charge in [-0.2, -0.15) is 5.21 Å².